The molecule has 0 bridgehead atoms. The molecule has 0 heterocycles. The Hall–Kier alpha value is -0.280. The molecular formula is C29H52O7. The molecular weight excluding hydrogens is 460 g/mol. The van der Waals surface area contributed by atoms with E-state index in [1.54, 1.807) is 0 Å². The third-order valence-corrected chi connectivity index (χ3v) is 12.1. The van der Waals surface area contributed by atoms with Crippen LogP contribution in [-0.2, 0) is 0 Å². The summed E-state index contributed by atoms with van der Waals surface area (Å²) in [6.07, 6.45) is 0.418. The molecule has 210 valence electrons. The number of hydrogen-bond acceptors (Lipinski definition) is 7. The van der Waals surface area contributed by atoms with Crippen molar-refractivity contribution in [3.05, 3.63) is 0 Å². The first-order chi connectivity index (χ1) is 16.8. The number of aliphatic hydroxyl groups is 7. The summed E-state index contributed by atoms with van der Waals surface area (Å²) in [5.41, 5.74) is -2.40. The van der Waals surface area contributed by atoms with E-state index >= 15 is 0 Å². The van der Waals surface area contributed by atoms with Gasteiger partial charge in [-0.2, -0.15) is 0 Å². The molecule has 4 aliphatic rings. The van der Waals surface area contributed by atoms with Gasteiger partial charge in [0.2, 0.25) is 0 Å². The van der Waals surface area contributed by atoms with Crippen LogP contribution in [-0.4, -0.2) is 78.5 Å². The molecule has 4 saturated carbocycles. The van der Waals surface area contributed by atoms with Crippen LogP contribution in [0.3, 0.4) is 0 Å². The van der Waals surface area contributed by atoms with Crippen molar-refractivity contribution in [2.45, 2.75) is 122 Å². The second-order valence-electron chi connectivity index (χ2n) is 13.9. The van der Waals surface area contributed by atoms with Crippen LogP contribution in [0.1, 0.15) is 86.0 Å². The molecule has 0 spiro atoms. The van der Waals surface area contributed by atoms with E-state index in [9.17, 15) is 35.7 Å². The summed E-state index contributed by atoms with van der Waals surface area (Å²) >= 11 is 0. The van der Waals surface area contributed by atoms with Crippen molar-refractivity contribution >= 4 is 0 Å². The highest BCUT2D eigenvalue weighted by atomic mass is 16.3. The largest absolute Gasteiger partial charge is 0.396 e. The second-order valence-corrected chi connectivity index (χ2v) is 13.9. The fraction of sp³-hybridized carbons (Fsp3) is 1.00. The lowest BCUT2D eigenvalue weighted by Gasteiger charge is -2.66. The Labute approximate surface area is 216 Å². The maximum absolute atomic E-state index is 12.4. The van der Waals surface area contributed by atoms with E-state index in [0.717, 1.165) is 25.7 Å². The van der Waals surface area contributed by atoms with Crippen LogP contribution < -0.4 is 0 Å². The highest BCUT2D eigenvalue weighted by Crippen LogP contribution is 2.69. The Morgan fingerprint density at radius 3 is 2.08 bits per heavy atom. The SMILES string of the molecule is CC[C@@H](CC[C@@H](C)[C@H]1[C@@H](O)[C@@H](O)C2[C@]3(O)C[C@H](O)C4[C@@H](O)[C@@H](O)CC[C@]4(C)C3CC[C@@]21C)[C@H](C)CO. The van der Waals surface area contributed by atoms with Crippen LogP contribution in [0.4, 0.5) is 0 Å². The Morgan fingerprint density at radius 1 is 0.833 bits per heavy atom. The highest BCUT2D eigenvalue weighted by Gasteiger charge is 2.73. The molecule has 0 saturated heterocycles. The summed E-state index contributed by atoms with van der Waals surface area (Å²) < 4.78 is 0. The van der Waals surface area contributed by atoms with E-state index in [4.69, 9.17) is 0 Å². The Bertz CT molecular complexity index is 779. The molecule has 0 aromatic carbocycles. The third kappa shape index (κ3) is 4.11. The Morgan fingerprint density at radius 2 is 1.47 bits per heavy atom. The minimum absolute atomic E-state index is 0.0404. The van der Waals surface area contributed by atoms with Crippen LogP contribution in [0.15, 0.2) is 0 Å². The van der Waals surface area contributed by atoms with Gasteiger partial charge in [0.1, 0.15) is 0 Å². The monoisotopic (exact) mass is 512 g/mol. The molecule has 0 amide bonds. The molecule has 4 aliphatic carbocycles. The van der Waals surface area contributed by atoms with Gasteiger partial charge in [0, 0.05) is 24.9 Å². The van der Waals surface area contributed by atoms with Crippen molar-refractivity contribution in [2.75, 3.05) is 6.61 Å². The average Bonchev–Trinajstić information content (AvgIpc) is 3.02. The summed E-state index contributed by atoms with van der Waals surface area (Å²) in [4.78, 5) is 0. The molecule has 0 aliphatic heterocycles. The molecule has 7 heteroatoms. The first kappa shape index (κ1) is 28.7. The van der Waals surface area contributed by atoms with Crippen molar-refractivity contribution in [1.29, 1.82) is 0 Å². The van der Waals surface area contributed by atoms with Gasteiger partial charge >= 0.3 is 0 Å². The quantitative estimate of drug-likeness (QED) is 0.277. The first-order valence-corrected chi connectivity index (χ1v) is 14.5. The average molecular weight is 513 g/mol. The van der Waals surface area contributed by atoms with Crippen LogP contribution in [0, 0.1) is 52.3 Å². The smallest absolute Gasteiger partial charge is 0.0863 e. The predicted octanol–water partition coefficient (Wildman–Crippen LogP) is 2.08. The summed E-state index contributed by atoms with van der Waals surface area (Å²) in [6, 6.07) is 0. The van der Waals surface area contributed by atoms with E-state index in [-0.39, 0.29) is 36.7 Å². The molecule has 0 aromatic heterocycles. The van der Waals surface area contributed by atoms with E-state index in [2.05, 4.69) is 27.7 Å². The standard InChI is InChI=1S/C29H52O7/c1-6-17(16(3)14-30)8-7-15(2)21-24(34)25(35)26-28(21,5)12-10-20-27(4)11-9-18(31)23(33)22(27)19(32)13-29(20,26)36/h15-26,30-36H,6-14H2,1-5H3/t15-,16-,17+,18+,19+,20?,21+,22?,23+,24-,25-,26?,27-,28-,29+/m1/s1. The van der Waals surface area contributed by atoms with Gasteiger partial charge in [0.15, 0.2) is 0 Å². The Balaban J connectivity index is 1.62. The summed E-state index contributed by atoms with van der Waals surface area (Å²) in [6.45, 7) is 10.7. The predicted molar refractivity (Wildman–Crippen MR) is 137 cm³/mol. The van der Waals surface area contributed by atoms with E-state index in [1.165, 1.54) is 0 Å². The van der Waals surface area contributed by atoms with Gasteiger partial charge in [0.25, 0.3) is 0 Å². The number of rotatable bonds is 7. The van der Waals surface area contributed by atoms with Crippen molar-refractivity contribution in [2.24, 2.45) is 52.3 Å². The van der Waals surface area contributed by atoms with Crippen molar-refractivity contribution in [1.82, 2.24) is 0 Å². The fourth-order valence-electron chi connectivity index (χ4n) is 10.3. The highest BCUT2D eigenvalue weighted by molar-refractivity contribution is 5.22. The van der Waals surface area contributed by atoms with E-state index in [0.29, 0.717) is 25.2 Å². The lowest BCUT2D eigenvalue weighted by Crippen LogP contribution is -2.71. The fourth-order valence-corrected chi connectivity index (χ4v) is 10.3. The summed E-state index contributed by atoms with van der Waals surface area (Å²) in [5.74, 6) is -0.733. The molecule has 4 rings (SSSR count). The van der Waals surface area contributed by atoms with Crippen LogP contribution in [0.5, 0.6) is 0 Å². The second kappa shape index (κ2) is 10.0. The molecule has 7 nitrogen and oxygen atoms in total. The molecule has 0 radical (unpaired) electrons. The van der Waals surface area contributed by atoms with Crippen molar-refractivity contribution in [3.8, 4) is 0 Å². The lowest BCUT2D eigenvalue weighted by molar-refractivity contribution is -0.280. The van der Waals surface area contributed by atoms with Gasteiger partial charge in [-0.1, -0.05) is 47.5 Å². The first-order valence-electron chi connectivity index (χ1n) is 14.5. The minimum Gasteiger partial charge on any atom is -0.396 e. The maximum Gasteiger partial charge on any atom is 0.0863 e. The zero-order valence-corrected chi connectivity index (χ0v) is 22.9. The zero-order chi connectivity index (χ0) is 26.8. The van der Waals surface area contributed by atoms with Gasteiger partial charge in [0.05, 0.1) is 36.1 Å². The lowest BCUT2D eigenvalue weighted by atomic mass is 9.41. The van der Waals surface area contributed by atoms with Crippen LogP contribution >= 0.6 is 0 Å². The number of hydrogen-bond donors (Lipinski definition) is 7. The third-order valence-electron chi connectivity index (χ3n) is 12.1. The van der Waals surface area contributed by atoms with Crippen LogP contribution in [0.25, 0.3) is 0 Å². The summed E-state index contributed by atoms with van der Waals surface area (Å²) in [5, 5.41) is 77.3. The molecule has 3 unspecified atom stereocenters. The topological polar surface area (TPSA) is 142 Å². The van der Waals surface area contributed by atoms with Crippen molar-refractivity contribution < 1.29 is 35.7 Å². The van der Waals surface area contributed by atoms with Gasteiger partial charge in [-0.25, -0.2) is 0 Å². The zero-order valence-electron chi connectivity index (χ0n) is 22.9. The summed E-state index contributed by atoms with van der Waals surface area (Å²) in [7, 11) is 0. The van der Waals surface area contributed by atoms with Crippen LogP contribution in [0.2, 0.25) is 0 Å². The maximum atomic E-state index is 12.4. The normalized spacial score (nSPS) is 53.2. The van der Waals surface area contributed by atoms with Crippen molar-refractivity contribution in [3.63, 3.8) is 0 Å². The van der Waals surface area contributed by atoms with Gasteiger partial charge in [-0.15, -0.1) is 0 Å². The van der Waals surface area contributed by atoms with E-state index < -0.39 is 58.8 Å². The van der Waals surface area contributed by atoms with E-state index in [1.807, 2.05) is 6.92 Å². The molecule has 4 fully saturated rings. The number of fused-ring (bicyclic) bond motifs is 5. The molecule has 7 N–H and O–H groups in total. The minimum atomic E-state index is -1.36. The molecule has 15 atom stereocenters. The molecule has 0 aromatic rings. The van der Waals surface area contributed by atoms with Gasteiger partial charge < -0.3 is 35.7 Å². The number of aliphatic hydroxyl groups excluding tert-OH is 6. The van der Waals surface area contributed by atoms with Gasteiger partial charge in [-0.3, -0.25) is 0 Å². The van der Waals surface area contributed by atoms with Gasteiger partial charge in [-0.05, 0) is 72.5 Å². The Kier molecular flexibility index (Phi) is 8.01. The molecule has 36 heavy (non-hydrogen) atoms.